The minimum Gasteiger partial charge on any atom is -0.385 e. The van der Waals surface area contributed by atoms with Crippen LogP contribution in [0.15, 0.2) is 18.2 Å². The molecule has 0 aliphatic carbocycles. The van der Waals surface area contributed by atoms with Gasteiger partial charge in [-0.2, -0.15) is 0 Å². The Hall–Kier alpha value is -1.92. The molecule has 1 aliphatic rings. The summed E-state index contributed by atoms with van der Waals surface area (Å²) < 4.78 is 5.09. The summed E-state index contributed by atoms with van der Waals surface area (Å²) >= 11 is 0. The van der Waals surface area contributed by atoms with Crippen molar-refractivity contribution in [2.45, 2.75) is 19.8 Å². The van der Waals surface area contributed by atoms with Gasteiger partial charge in [0.05, 0.1) is 11.0 Å². The number of hydrogen-bond donors (Lipinski definition) is 2. The van der Waals surface area contributed by atoms with Crippen molar-refractivity contribution < 1.29 is 9.53 Å². The second-order valence-electron chi connectivity index (χ2n) is 6.62. The summed E-state index contributed by atoms with van der Waals surface area (Å²) in [7, 11) is 1.74. The Balaban J connectivity index is 1.48. The summed E-state index contributed by atoms with van der Waals surface area (Å²) in [5.74, 6) is 0.787. The summed E-state index contributed by atoms with van der Waals surface area (Å²) in [6, 6.07) is 5.95. The number of rotatable bonds is 7. The molecule has 0 unspecified atom stereocenters. The molecule has 130 valence electrons. The van der Waals surface area contributed by atoms with Crippen molar-refractivity contribution in [3.8, 4) is 0 Å². The summed E-state index contributed by atoms with van der Waals surface area (Å²) in [5, 5.41) is 3.02. The number of carbonyl (C=O) groups is 1. The molecule has 1 atom stereocenters. The molecule has 0 bridgehead atoms. The molecular formula is C18H26N4O2. The number of aromatic amines is 1. The van der Waals surface area contributed by atoms with Crippen molar-refractivity contribution >= 4 is 16.9 Å². The lowest BCUT2D eigenvalue weighted by atomic mass is 10.1. The lowest BCUT2D eigenvalue weighted by Gasteiger charge is -2.15. The van der Waals surface area contributed by atoms with Gasteiger partial charge in [-0.05, 0) is 49.9 Å². The van der Waals surface area contributed by atoms with E-state index in [1.807, 2.05) is 25.1 Å². The van der Waals surface area contributed by atoms with Gasteiger partial charge in [-0.1, -0.05) is 6.07 Å². The number of benzene rings is 1. The quantitative estimate of drug-likeness (QED) is 0.762. The number of aryl methyl sites for hydroxylation is 1. The van der Waals surface area contributed by atoms with E-state index in [2.05, 4.69) is 20.2 Å². The van der Waals surface area contributed by atoms with Gasteiger partial charge in [0.2, 0.25) is 0 Å². The number of nitrogens with one attached hydrogen (secondary N) is 2. The number of amides is 1. The van der Waals surface area contributed by atoms with Crippen molar-refractivity contribution in [3.05, 3.63) is 29.6 Å². The third kappa shape index (κ3) is 4.13. The first-order valence-corrected chi connectivity index (χ1v) is 8.61. The van der Waals surface area contributed by atoms with Crippen LogP contribution in [0.5, 0.6) is 0 Å². The van der Waals surface area contributed by atoms with E-state index >= 15 is 0 Å². The topological polar surface area (TPSA) is 70.2 Å². The molecule has 6 heteroatoms. The number of H-pyrrole nitrogens is 1. The molecule has 3 rings (SSSR count). The van der Waals surface area contributed by atoms with Crippen LogP contribution in [-0.2, 0) is 4.74 Å². The molecule has 0 spiro atoms. The number of nitrogens with zero attached hydrogens (tertiary/aromatic N) is 2. The highest BCUT2D eigenvalue weighted by molar-refractivity contribution is 5.94. The zero-order valence-electron chi connectivity index (χ0n) is 14.5. The Labute approximate surface area is 142 Å². The van der Waals surface area contributed by atoms with Crippen LogP contribution in [0.2, 0.25) is 0 Å². The van der Waals surface area contributed by atoms with Crippen molar-refractivity contribution in [2.24, 2.45) is 5.92 Å². The number of fused-ring (bicyclic) bond motifs is 1. The molecule has 2 aromatic rings. The van der Waals surface area contributed by atoms with E-state index in [4.69, 9.17) is 4.74 Å². The Kier molecular flexibility index (Phi) is 5.48. The fraction of sp³-hybridized carbons (Fsp3) is 0.556. The van der Waals surface area contributed by atoms with E-state index in [-0.39, 0.29) is 5.91 Å². The molecular weight excluding hydrogens is 304 g/mol. The largest absolute Gasteiger partial charge is 0.385 e. The van der Waals surface area contributed by atoms with E-state index in [0.717, 1.165) is 55.7 Å². The molecule has 6 nitrogen and oxygen atoms in total. The molecule has 1 fully saturated rings. The van der Waals surface area contributed by atoms with Crippen LogP contribution in [0.25, 0.3) is 11.0 Å². The molecule has 2 heterocycles. The monoisotopic (exact) mass is 330 g/mol. The van der Waals surface area contributed by atoms with Crippen LogP contribution in [0.3, 0.4) is 0 Å². The third-order valence-corrected chi connectivity index (χ3v) is 4.60. The SMILES string of the molecule is COCCCN1CC[C@@H](CNC(=O)c2nc3ccc(C)cc3[nH]2)C1. The van der Waals surface area contributed by atoms with Crippen molar-refractivity contribution in [1.82, 2.24) is 20.2 Å². The number of ether oxygens (including phenoxy) is 1. The van der Waals surface area contributed by atoms with Gasteiger partial charge in [-0.15, -0.1) is 0 Å². The number of likely N-dealkylation sites (tertiary alicyclic amines) is 1. The molecule has 0 radical (unpaired) electrons. The zero-order valence-corrected chi connectivity index (χ0v) is 14.5. The highest BCUT2D eigenvalue weighted by Gasteiger charge is 2.23. The minimum atomic E-state index is -0.123. The van der Waals surface area contributed by atoms with Crippen molar-refractivity contribution in [3.63, 3.8) is 0 Å². The second kappa shape index (κ2) is 7.77. The fourth-order valence-corrected chi connectivity index (χ4v) is 3.27. The van der Waals surface area contributed by atoms with Gasteiger partial charge < -0.3 is 19.9 Å². The maximum Gasteiger partial charge on any atom is 0.287 e. The molecule has 1 saturated heterocycles. The summed E-state index contributed by atoms with van der Waals surface area (Å²) in [6.45, 7) is 6.76. The molecule has 1 amide bonds. The Morgan fingerprint density at radius 2 is 2.38 bits per heavy atom. The molecule has 24 heavy (non-hydrogen) atoms. The number of aromatic nitrogens is 2. The number of imidazole rings is 1. The lowest BCUT2D eigenvalue weighted by molar-refractivity contribution is 0.0938. The van der Waals surface area contributed by atoms with Crippen LogP contribution in [0.4, 0.5) is 0 Å². The first kappa shape index (κ1) is 16.9. The molecule has 1 aromatic carbocycles. The predicted octanol–water partition coefficient (Wildman–Crippen LogP) is 1.96. The van der Waals surface area contributed by atoms with Crippen molar-refractivity contribution in [1.29, 1.82) is 0 Å². The second-order valence-corrected chi connectivity index (χ2v) is 6.62. The molecule has 1 aliphatic heterocycles. The molecule has 2 N–H and O–H groups in total. The van der Waals surface area contributed by atoms with Crippen molar-refractivity contribution in [2.75, 3.05) is 39.9 Å². The van der Waals surface area contributed by atoms with E-state index in [1.165, 1.54) is 0 Å². The van der Waals surface area contributed by atoms with E-state index < -0.39 is 0 Å². The van der Waals surface area contributed by atoms with E-state index in [0.29, 0.717) is 18.3 Å². The number of methoxy groups -OCH3 is 1. The molecule has 0 saturated carbocycles. The first-order chi connectivity index (χ1) is 11.7. The normalized spacial score (nSPS) is 18.3. The van der Waals surface area contributed by atoms with Gasteiger partial charge in [0.25, 0.3) is 5.91 Å². The number of hydrogen-bond acceptors (Lipinski definition) is 4. The highest BCUT2D eigenvalue weighted by Crippen LogP contribution is 2.16. The van der Waals surface area contributed by atoms with E-state index in [1.54, 1.807) is 7.11 Å². The predicted molar refractivity (Wildman–Crippen MR) is 94.2 cm³/mol. The smallest absolute Gasteiger partial charge is 0.287 e. The Bertz CT molecular complexity index is 697. The summed E-state index contributed by atoms with van der Waals surface area (Å²) in [5.41, 5.74) is 2.89. The highest BCUT2D eigenvalue weighted by atomic mass is 16.5. The lowest BCUT2D eigenvalue weighted by Crippen LogP contribution is -2.31. The van der Waals surface area contributed by atoms with Gasteiger partial charge >= 0.3 is 0 Å². The maximum atomic E-state index is 12.3. The van der Waals surface area contributed by atoms with Gasteiger partial charge in [-0.3, -0.25) is 4.79 Å². The van der Waals surface area contributed by atoms with Crippen LogP contribution in [0, 0.1) is 12.8 Å². The fourth-order valence-electron chi connectivity index (χ4n) is 3.27. The van der Waals surface area contributed by atoms with Gasteiger partial charge in [0, 0.05) is 33.4 Å². The van der Waals surface area contributed by atoms with Gasteiger partial charge in [-0.25, -0.2) is 4.98 Å². The minimum absolute atomic E-state index is 0.123. The Morgan fingerprint density at radius 1 is 1.50 bits per heavy atom. The third-order valence-electron chi connectivity index (χ3n) is 4.60. The first-order valence-electron chi connectivity index (χ1n) is 8.61. The standard InChI is InChI=1S/C18H26N4O2/c1-13-4-5-15-16(10-13)21-17(20-15)18(23)19-11-14-6-8-22(12-14)7-3-9-24-2/h4-5,10,14H,3,6-9,11-12H2,1-2H3,(H,19,23)(H,20,21)/t14-/m0/s1. The average Bonchev–Trinajstić information content (AvgIpc) is 3.19. The maximum absolute atomic E-state index is 12.3. The Morgan fingerprint density at radius 3 is 3.21 bits per heavy atom. The summed E-state index contributed by atoms with van der Waals surface area (Å²) in [4.78, 5) is 22.2. The molecule has 1 aromatic heterocycles. The van der Waals surface area contributed by atoms with E-state index in [9.17, 15) is 4.79 Å². The van der Waals surface area contributed by atoms with Crippen LogP contribution in [-0.4, -0.2) is 60.7 Å². The van der Waals surface area contributed by atoms with Crippen LogP contribution >= 0.6 is 0 Å². The van der Waals surface area contributed by atoms with Gasteiger partial charge in [0.15, 0.2) is 5.82 Å². The number of carbonyl (C=O) groups excluding carboxylic acids is 1. The summed E-state index contributed by atoms with van der Waals surface area (Å²) in [6.07, 6.45) is 2.20. The zero-order chi connectivity index (χ0) is 16.9. The average molecular weight is 330 g/mol. The van der Waals surface area contributed by atoms with Crippen LogP contribution < -0.4 is 5.32 Å². The van der Waals surface area contributed by atoms with Crippen LogP contribution in [0.1, 0.15) is 29.0 Å². The van der Waals surface area contributed by atoms with Gasteiger partial charge in [0.1, 0.15) is 0 Å².